The Hall–Kier alpha value is -3.15. The van der Waals surface area contributed by atoms with Gasteiger partial charge in [0.15, 0.2) is 0 Å². The van der Waals surface area contributed by atoms with Crippen LogP contribution in [0.2, 0.25) is 5.15 Å². The lowest BCUT2D eigenvalue weighted by atomic mass is 10.1. The normalized spacial score (nSPS) is 11.4. The average Bonchev–Trinajstić information content (AvgIpc) is 3.16. The lowest BCUT2D eigenvalue weighted by molar-refractivity contribution is -0.665. The summed E-state index contributed by atoms with van der Waals surface area (Å²) in [5.74, 6) is 0.498. The third-order valence-electron chi connectivity index (χ3n) is 5.41. The molecule has 0 atom stereocenters. The molecule has 0 unspecified atom stereocenters. The first-order valence-corrected chi connectivity index (χ1v) is 10.9. The number of hydrogen-bond acceptors (Lipinski definition) is 2. The maximum atomic E-state index is 13.5. The number of pyridine rings is 2. The first kappa shape index (κ1) is 19.8. The van der Waals surface area contributed by atoms with Gasteiger partial charge < -0.3 is 4.57 Å². The van der Waals surface area contributed by atoms with Gasteiger partial charge in [-0.3, -0.25) is 0 Å². The zero-order chi connectivity index (χ0) is 21.4. The highest BCUT2D eigenvalue weighted by Gasteiger charge is 2.21. The zero-order valence-electron chi connectivity index (χ0n) is 16.6. The van der Waals surface area contributed by atoms with Gasteiger partial charge in [-0.15, -0.1) is 11.6 Å². The molecule has 4 heterocycles. The molecule has 1 aromatic carbocycles. The molecule has 0 aliphatic carbocycles. The van der Waals surface area contributed by atoms with Crippen molar-refractivity contribution >= 4 is 39.8 Å². The molecule has 7 heteroatoms. The molecule has 0 bridgehead atoms. The van der Waals surface area contributed by atoms with Crippen molar-refractivity contribution in [1.82, 2.24) is 14.0 Å². The minimum atomic E-state index is -0.0603. The smallest absolute Gasteiger partial charge is 0.346 e. The van der Waals surface area contributed by atoms with Crippen LogP contribution >= 0.6 is 23.2 Å². The second kappa shape index (κ2) is 8.17. The molecule has 31 heavy (non-hydrogen) atoms. The Morgan fingerprint density at radius 1 is 1.00 bits per heavy atom. The van der Waals surface area contributed by atoms with Crippen molar-refractivity contribution in [3.63, 3.8) is 0 Å². The third-order valence-corrected chi connectivity index (χ3v) is 5.81. The van der Waals surface area contributed by atoms with E-state index in [0.29, 0.717) is 29.7 Å². The van der Waals surface area contributed by atoms with Crippen molar-refractivity contribution in [2.24, 2.45) is 0 Å². The average molecular weight is 450 g/mol. The SMILES string of the molecule is O=c1c(-c2cn(CCCl)c3ccccc23)c[n+](Cc2ccc(Cl)nc2)c2ccccn12. The van der Waals surface area contributed by atoms with Crippen LogP contribution in [0.5, 0.6) is 0 Å². The molecule has 5 nitrogen and oxygen atoms in total. The van der Waals surface area contributed by atoms with Crippen LogP contribution in [-0.2, 0) is 13.1 Å². The highest BCUT2D eigenvalue weighted by Crippen LogP contribution is 2.28. The van der Waals surface area contributed by atoms with Crippen LogP contribution in [0.4, 0.5) is 0 Å². The molecule has 0 spiro atoms. The van der Waals surface area contributed by atoms with Crippen molar-refractivity contribution < 1.29 is 4.57 Å². The molecule has 5 aromatic rings. The van der Waals surface area contributed by atoms with Crippen LogP contribution in [0, 0.1) is 0 Å². The van der Waals surface area contributed by atoms with Crippen LogP contribution < -0.4 is 10.1 Å². The van der Waals surface area contributed by atoms with Gasteiger partial charge in [-0.1, -0.05) is 41.9 Å². The summed E-state index contributed by atoms with van der Waals surface area (Å²) in [6, 6.07) is 17.5. The van der Waals surface area contributed by atoms with Gasteiger partial charge in [-0.2, -0.15) is 4.40 Å². The summed E-state index contributed by atoms with van der Waals surface area (Å²) in [5, 5.41) is 1.48. The number of alkyl halides is 1. The van der Waals surface area contributed by atoms with E-state index in [1.54, 1.807) is 22.9 Å². The van der Waals surface area contributed by atoms with E-state index in [9.17, 15) is 4.79 Å². The van der Waals surface area contributed by atoms with E-state index < -0.39 is 0 Å². The second-order valence-electron chi connectivity index (χ2n) is 7.34. The number of fused-ring (bicyclic) bond motifs is 2. The molecule has 0 saturated heterocycles. The van der Waals surface area contributed by atoms with Crippen molar-refractivity contribution in [2.75, 3.05) is 5.88 Å². The molecular formula is C24H19Cl2N4O+. The van der Waals surface area contributed by atoms with Crippen LogP contribution in [-0.4, -0.2) is 19.8 Å². The van der Waals surface area contributed by atoms with Gasteiger partial charge in [-0.25, -0.2) is 14.3 Å². The molecule has 5 rings (SSSR count). The molecule has 0 radical (unpaired) electrons. The summed E-state index contributed by atoms with van der Waals surface area (Å²) in [4.78, 5) is 17.7. The minimum absolute atomic E-state index is 0.0603. The number of nitrogens with zero attached hydrogens (tertiary/aromatic N) is 4. The predicted octanol–water partition coefficient (Wildman–Crippen LogP) is 4.54. The fourth-order valence-electron chi connectivity index (χ4n) is 3.99. The van der Waals surface area contributed by atoms with Crippen molar-refractivity contribution in [1.29, 1.82) is 0 Å². The fraction of sp³-hybridized carbons (Fsp3) is 0.125. The molecule has 0 fully saturated rings. The molecule has 0 aliphatic rings. The third kappa shape index (κ3) is 3.60. The maximum absolute atomic E-state index is 13.5. The molecule has 0 aliphatic heterocycles. The van der Waals surface area contributed by atoms with Crippen molar-refractivity contribution in [2.45, 2.75) is 13.1 Å². The lowest BCUT2D eigenvalue weighted by Crippen LogP contribution is -2.40. The van der Waals surface area contributed by atoms with E-state index in [2.05, 4.69) is 20.2 Å². The van der Waals surface area contributed by atoms with Crippen LogP contribution in [0.1, 0.15) is 5.56 Å². The van der Waals surface area contributed by atoms with Crippen LogP contribution in [0.15, 0.2) is 84.2 Å². The number of hydrogen-bond donors (Lipinski definition) is 0. The number of aryl methyl sites for hydroxylation is 1. The van der Waals surface area contributed by atoms with Gasteiger partial charge in [0, 0.05) is 52.9 Å². The second-order valence-corrected chi connectivity index (χ2v) is 8.10. The summed E-state index contributed by atoms with van der Waals surface area (Å²) in [6.45, 7) is 1.23. The molecule has 0 N–H and O–H groups in total. The number of halogens is 2. The maximum Gasteiger partial charge on any atom is 0.350 e. The monoisotopic (exact) mass is 449 g/mol. The van der Waals surface area contributed by atoms with Gasteiger partial charge in [0.25, 0.3) is 5.65 Å². The summed E-state index contributed by atoms with van der Waals surface area (Å²) in [6.07, 6.45) is 7.51. The van der Waals surface area contributed by atoms with Gasteiger partial charge in [-0.05, 0) is 18.2 Å². The van der Waals surface area contributed by atoms with E-state index in [0.717, 1.165) is 27.7 Å². The van der Waals surface area contributed by atoms with E-state index >= 15 is 0 Å². The number of aromatic nitrogens is 4. The summed E-state index contributed by atoms with van der Waals surface area (Å²) in [5.41, 5.74) is 4.33. The van der Waals surface area contributed by atoms with Gasteiger partial charge >= 0.3 is 5.56 Å². The highest BCUT2D eigenvalue weighted by molar-refractivity contribution is 6.29. The Bertz CT molecular complexity index is 1450. The summed E-state index contributed by atoms with van der Waals surface area (Å²) < 4.78 is 5.85. The lowest BCUT2D eigenvalue weighted by Gasteiger charge is -2.07. The van der Waals surface area contributed by atoms with Gasteiger partial charge in [0.05, 0.1) is 6.20 Å². The first-order chi connectivity index (χ1) is 15.2. The predicted molar refractivity (Wildman–Crippen MR) is 124 cm³/mol. The first-order valence-electron chi connectivity index (χ1n) is 9.94. The Labute approximate surface area is 188 Å². The van der Waals surface area contributed by atoms with E-state index in [1.165, 1.54) is 0 Å². The fourth-order valence-corrected chi connectivity index (χ4v) is 4.29. The quantitative estimate of drug-likeness (QED) is 0.224. The number of benzene rings is 1. The van der Waals surface area contributed by atoms with Crippen LogP contribution in [0.3, 0.4) is 0 Å². The van der Waals surface area contributed by atoms with Crippen LogP contribution in [0.25, 0.3) is 27.7 Å². The zero-order valence-corrected chi connectivity index (χ0v) is 18.1. The number of para-hydroxylation sites is 1. The largest absolute Gasteiger partial charge is 0.350 e. The standard InChI is InChI=1S/C24H19Cl2N4O/c25-10-12-28-15-19(18-5-1-2-6-21(18)28)20-16-29(14-17-8-9-22(26)27-13-17)23-7-3-4-11-30(23)24(20)31/h1-9,11,13,15-16H,10,12,14H2/q+1. The molecule has 4 aromatic heterocycles. The van der Waals surface area contributed by atoms with Crippen molar-refractivity contribution in [3.05, 3.63) is 100 Å². The minimum Gasteiger partial charge on any atom is -0.346 e. The highest BCUT2D eigenvalue weighted by atomic mass is 35.5. The van der Waals surface area contributed by atoms with E-state index in [-0.39, 0.29) is 5.56 Å². The number of rotatable bonds is 5. The molecular weight excluding hydrogens is 431 g/mol. The molecule has 0 saturated carbocycles. The summed E-state index contributed by atoms with van der Waals surface area (Å²) in [7, 11) is 0. The Balaban J connectivity index is 1.75. The van der Waals surface area contributed by atoms with E-state index in [4.69, 9.17) is 23.2 Å². The van der Waals surface area contributed by atoms with Gasteiger partial charge in [0.2, 0.25) is 0 Å². The van der Waals surface area contributed by atoms with Gasteiger partial charge in [0.1, 0.15) is 23.5 Å². The topological polar surface area (TPSA) is 43.2 Å². The summed E-state index contributed by atoms with van der Waals surface area (Å²) >= 11 is 12.0. The van der Waals surface area contributed by atoms with Crippen molar-refractivity contribution in [3.8, 4) is 11.1 Å². The molecule has 0 amide bonds. The van der Waals surface area contributed by atoms with E-state index in [1.807, 2.05) is 54.9 Å². The Morgan fingerprint density at radius 2 is 1.84 bits per heavy atom. The Kier molecular flexibility index (Phi) is 5.22. The Morgan fingerprint density at radius 3 is 2.65 bits per heavy atom. The molecule has 154 valence electrons.